The molecule has 11 heteroatoms. The Balaban J connectivity index is 1.40. The fourth-order valence-electron chi connectivity index (χ4n) is 4.30. The molecule has 1 aromatic carbocycles. The van der Waals surface area contributed by atoms with E-state index < -0.39 is 26.0 Å². The van der Waals surface area contributed by atoms with Gasteiger partial charge in [0.2, 0.25) is 15.9 Å². The Hall–Kier alpha value is -1.79. The second-order valence-corrected chi connectivity index (χ2v) is 13.5. The van der Waals surface area contributed by atoms with Crippen molar-refractivity contribution in [3.8, 4) is 0 Å². The summed E-state index contributed by atoms with van der Waals surface area (Å²) in [5, 5.41) is 4.54. The maximum Gasteiger partial charge on any atom is 0.252 e. The second-order valence-electron chi connectivity index (χ2n) is 8.47. The third kappa shape index (κ3) is 5.48. The van der Waals surface area contributed by atoms with Crippen molar-refractivity contribution in [3.63, 3.8) is 0 Å². The predicted octanol–water partition coefficient (Wildman–Crippen LogP) is 3.35. The van der Waals surface area contributed by atoms with E-state index in [1.165, 1.54) is 32.1 Å². The lowest BCUT2D eigenvalue weighted by molar-refractivity contribution is -0.120. The van der Waals surface area contributed by atoms with Crippen molar-refractivity contribution in [2.75, 3.05) is 31.5 Å². The molecular formula is C22H29N3O5S3. The molecule has 0 spiro atoms. The molecule has 1 amide bonds. The molecule has 0 radical (unpaired) electrons. The minimum absolute atomic E-state index is 0.132. The lowest BCUT2D eigenvalue weighted by Crippen LogP contribution is -2.43. The number of sulfonamides is 2. The highest BCUT2D eigenvalue weighted by molar-refractivity contribution is 7.91. The van der Waals surface area contributed by atoms with Gasteiger partial charge in [-0.25, -0.2) is 16.8 Å². The molecule has 0 bridgehead atoms. The fraction of sp³-hybridized carbons (Fsp3) is 0.500. The van der Waals surface area contributed by atoms with Crippen LogP contribution in [0.25, 0.3) is 0 Å². The maximum absolute atomic E-state index is 12.9. The number of anilines is 1. The molecule has 33 heavy (non-hydrogen) atoms. The topological polar surface area (TPSA) is 104 Å². The third-order valence-electron chi connectivity index (χ3n) is 6.17. The smallest absolute Gasteiger partial charge is 0.252 e. The Morgan fingerprint density at radius 1 is 0.848 bits per heavy atom. The van der Waals surface area contributed by atoms with Gasteiger partial charge in [-0.3, -0.25) is 4.79 Å². The molecule has 8 nitrogen and oxygen atoms in total. The molecule has 2 aromatic rings. The zero-order chi connectivity index (χ0) is 23.5. The molecule has 0 aliphatic carbocycles. The van der Waals surface area contributed by atoms with Gasteiger partial charge < -0.3 is 5.32 Å². The number of rotatable bonds is 6. The highest BCUT2D eigenvalue weighted by Gasteiger charge is 2.34. The number of carbonyl (C=O) groups is 1. The van der Waals surface area contributed by atoms with E-state index >= 15 is 0 Å². The van der Waals surface area contributed by atoms with E-state index in [1.54, 1.807) is 29.6 Å². The first kappa shape index (κ1) is 24.3. The van der Waals surface area contributed by atoms with Gasteiger partial charge in [0.25, 0.3) is 10.0 Å². The minimum atomic E-state index is -3.59. The number of nitrogens with one attached hydrogen (secondary N) is 1. The first-order chi connectivity index (χ1) is 15.8. The maximum atomic E-state index is 12.9. The number of nitrogens with zero attached hydrogens (tertiary/aromatic N) is 2. The van der Waals surface area contributed by atoms with Crippen LogP contribution in [0.15, 0.2) is 50.9 Å². The summed E-state index contributed by atoms with van der Waals surface area (Å²) >= 11 is 1.17. The lowest BCUT2D eigenvalue weighted by Gasteiger charge is -2.30. The van der Waals surface area contributed by atoms with Crippen molar-refractivity contribution in [1.82, 2.24) is 8.61 Å². The Bertz CT molecular complexity index is 1150. The number of amides is 1. The number of thiophene rings is 1. The van der Waals surface area contributed by atoms with Gasteiger partial charge >= 0.3 is 0 Å². The third-order valence-corrected chi connectivity index (χ3v) is 11.3. The van der Waals surface area contributed by atoms with E-state index in [9.17, 15) is 21.6 Å². The van der Waals surface area contributed by atoms with Crippen LogP contribution >= 0.6 is 11.3 Å². The first-order valence-electron chi connectivity index (χ1n) is 11.2. The van der Waals surface area contributed by atoms with E-state index in [-0.39, 0.29) is 21.6 Å². The second kappa shape index (κ2) is 10.2. The van der Waals surface area contributed by atoms with Crippen molar-refractivity contribution < 1.29 is 21.6 Å². The fourth-order valence-corrected chi connectivity index (χ4v) is 8.48. The van der Waals surface area contributed by atoms with Crippen LogP contribution in [-0.2, 0) is 24.8 Å². The van der Waals surface area contributed by atoms with E-state index in [4.69, 9.17) is 0 Å². The van der Waals surface area contributed by atoms with Gasteiger partial charge in [-0.15, -0.1) is 11.3 Å². The summed E-state index contributed by atoms with van der Waals surface area (Å²) in [7, 11) is -7.14. The van der Waals surface area contributed by atoms with Crippen molar-refractivity contribution in [2.45, 2.75) is 47.6 Å². The zero-order valence-corrected chi connectivity index (χ0v) is 20.8. The molecule has 4 rings (SSSR count). The van der Waals surface area contributed by atoms with Crippen LogP contribution in [0.2, 0.25) is 0 Å². The predicted molar refractivity (Wildman–Crippen MR) is 128 cm³/mol. The number of benzene rings is 1. The summed E-state index contributed by atoms with van der Waals surface area (Å²) in [6, 6.07) is 9.49. The molecule has 180 valence electrons. The summed E-state index contributed by atoms with van der Waals surface area (Å²) in [6.07, 6.45) is 5.04. The van der Waals surface area contributed by atoms with Crippen LogP contribution < -0.4 is 5.32 Å². The number of hydrogen-bond acceptors (Lipinski definition) is 6. The van der Waals surface area contributed by atoms with Crippen LogP contribution in [-0.4, -0.2) is 57.5 Å². The zero-order valence-electron chi connectivity index (χ0n) is 18.4. The SMILES string of the molecule is O=C(Nc1ccc(S(=O)(=O)N2CCCCCC2)cc1)[C@@H]1CCCN(S(=O)(=O)c2cccs2)C1. The van der Waals surface area contributed by atoms with Crippen LogP contribution in [0.5, 0.6) is 0 Å². The van der Waals surface area contributed by atoms with Gasteiger partial charge in [0.1, 0.15) is 4.21 Å². The Kier molecular flexibility index (Phi) is 7.54. The average molecular weight is 512 g/mol. The van der Waals surface area contributed by atoms with Gasteiger partial charge in [-0.05, 0) is 61.4 Å². The molecule has 1 atom stereocenters. The molecule has 2 aliphatic heterocycles. The average Bonchev–Trinajstić information content (AvgIpc) is 3.23. The van der Waals surface area contributed by atoms with Gasteiger partial charge in [-0.2, -0.15) is 8.61 Å². The van der Waals surface area contributed by atoms with Crippen LogP contribution in [0.4, 0.5) is 5.69 Å². The van der Waals surface area contributed by atoms with Gasteiger partial charge in [-0.1, -0.05) is 18.9 Å². The Morgan fingerprint density at radius 3 is 2.15 bits per heavy atom. The molecule has 3 heterocycles. The van der Waals surface area contributed by atoms with Crippen molar-refractivity contribution in [2.24, 2.45) is 5.92 Å². The minimum Gasteiger partial charge on any atom is -0.326 e. The monoisotopic (exact) mass is 511 g/mol. The highest BCUT2D eigenvalue weighted by atomic mass is 32.2. The van der Waals surface area contributed by atoms with E-state index in [2.05, 4.69) is 5.32 Å². The van der Waals surface area contributed by atoms with Crippen molar-refractivity contribution >= 4 is 43.0 Å². The van der Waals surface area contributed by atoms with Crippen LogP contribution in [0, 0.1) is 5.92 Å². The molecule has 0 unspecified atom stereocenters. The van der Waals surface area contributed by atoms with E-state index in [1.807, 2.05) is 0 Å². The van der Waals surface area contributed by atoms with E-state index in [0.29, 0.717) is 38.2 Å². The largest absolute Gasteiger partial charge is 0.326 e. The normalized spacial score (nSPS) is 21.4. The number of piperidine rings is 1. The van der Waals surface area contributed by atoms with Gasteiger partial charge in [0, 0.05) is 31.9 Å². The Morgan fingerprint density at radius 2 is 1.52 bits per heavy atom. The molecule has 2 fully saturated rings. The molecular weight excluding hydrogens is 482 g/mol. The number of carbonyl (C=O) groups excluding carboxylic acids is 1. The van der Waals surface area contributed by atoms with Crippen molar-refractivity contribution in [1.29, 1.82) is 0 Å². The summed E-state index contributed by atoms with van der Waals surface area (Å²) in [4.78, 5) is 13.1. The highest BCUT2D eigenvalue weighted by Crippen LogP contribution is 2.27. The standard InChI is InChI=1S/C22H29N3O5S3/c26-22(18-7-5-15-25(17-18)33(29,30)21-8-6-16-31-21)23-19-9-11-20(12-10-19)32(27,28)24-13-3-1-2-4-14-24/h6,8-12,16,18H,1-5,7,13-15,17H2,(H,23,26)/t18-/m1/s1. The lowest BCUT2D eigenvalue weighted by atomic mass is 9.99. The summed E-state index contributed by atoms with van der Waals surface area (Å²) in [6.45, 7) is 1.60. The van der Waals surface area contributed by atoms with Gasteiger partial charge in [0.15, 0.2) is 0 Å². The summed E-state index contributed by atoms with van der Waals surface area (Å²) < 4.78 is 54.7. The summed E-state index contributed by atoms with van der Waals surface area (Å²) in [5.41, 5.74) is 0.494. The Labute approximate surface area is 199 Å². The molecule has 2 aliphatic rings. The quantitative estimate of drug-likeness (QED) is 0.641. The van der Waals surface area contributed by atoms with E-state index in [0.717, 1.165) is 25.7 Å². The van der Waals surface area contributed by atoms with Crippen LogP contribution in [0.1, 0.15) is 38.5 Å². The van der Waals surface area contributed by atoms with Gasteiger partial charge in [0.05, 0.1) is 10.8 Å². The molecule has 1 aromatic heterocycles. The summed E-state index contributed by atoms with van der Waals surface area (Å²) in [5.74, 6) is -0.724. The first-order valence-corrected chi connectivity index (χ1v) is 15.0. The number of hydrogen-bond donors (Lipinski definition) is 1. The molecule has 0 saturated carbocycles. The van der Waals surface area contributed by atoms with Crippen LogP contribution in [0.3, 0.4) is 0 Å². The molecule has 1 N–H and O–H groups in total. The molecule has 2 saturated heterocycles. The van der Waals surface area contributed by atoms with Crippen molar-refractivity contribution in [3.05, 3.63) is 41.8 Å².